The average Bonchev–Trinajstić information content (AvgIpc) is 2.85. The second kappa shape index (κ2) is 4.53. The summed E-state index contributed by atoms with van der Waals surface area (Å²) in [5.41, 5.74) is 0.406. The zero-order chi connectivity index (χ0) is 13.4. The number of nitro benzene ring substituents is 1. The van der Waals surface area contributed by atoms with Crippen molar-refractivity contribution >= 4 is 11.5 Å². The van der Waals surface area contributed by atoms with Gasteiger partial charge in [0, 0.05) is 17.9 Å². The van der Waals surface area contributed by atoms with E-state index in [-0.39, 0.29) is 24.2 Å². The van der Waals surface area contributed by atoms with E-state index in [4.69, 9.17) is 9.47 Å². The fourth-order valence-corrected chi connectivity index (χ4v) is 2.70. The van der Waals surface area contributed by atoms with Crippen molar-refractivity contribution < 1.29 is 19.2 Å². The highest BCUT2D eigenvalue weighted by atomic mass is 16.7. The molecule has 0 bridgehead atoms. The number of ketones is 1. The highest BCUT2D eigenvalue weighted by molar-refractivity contribution is 5.87. The molecular formula is C13H13NO5. The van der Waals surface area contributed by atoms with Gasteiger partial charge in [-0.15, -0.1) is 0 Å². The Bertz CT molecular complexity index is 554. The summed E-state index contributed by atoms with van der Waals surface area (Å²) in [6.45, 7) is 0.0640. The number of hydrogen-bond acceptors (Lipinski definition) is 5. The van der Waals surface area contributed by atoms with E-state index in [0.717, 1.165) is 12.8 Å². The van der Waals surface area contributed by atoms with Crippen LogP contribution in [0.3, 0.4) is 0 Å². The highest BCUT2D eigenvalue weighted by Crippen LogP contribution is 2.43. The Labute approximate surface area is 109 Å². The first kappa shape index (κ1) is 12.0. The van der Waals surface area contributed by atoms with Crippen LogP contribution in [0.1, 0.15) is 37.2 Å². The minimum atomic E-state index is -0.459. The van der Waals surface area contributed by atoms with Crippen LogP contribution in [0.2, 0.25) is 0 Å². The molecule has 1 saturated carbocycles. The van der Waals surface area contributed by atoms with Gasteiger partial charge in [0.25, 0.3) is 5.69 Å². The molecule has 0 amide bonds. The van der Waals surface area contributed by atoms with Crippen LogP contribution in [0.25, 0.3) is 0 Å². The Morgan fingerprint density at radius 3 is 2.63 bits per heavy atom. The molecule has 1 fully saturated rings. The third-order valence-electron chi connectivity index (χ3n) is 3.65. The highest BCUT2D eigenvalue weighted by Gasteiger charge is 2.32. The number of benzene rings is 1. The summed E-state index contributed by atoms with van der Waals surface area (Å²) in [5.74, 6) is 0.551. The van der Waals surface area contributed by atoms with E-state index >= 15 is 0 Å². The van der Waals surface area contributed by atoms with E-state index in [1.54, 1.807) is 6.07 Å². The van der Waals surface area contributed by atoms with E-state index in [9.17, 15) is 14.9 Å². The number of ether oxygens (including phenoxy) is 2. The Morgan fingerprint density at radius 1 is 1.21 bits per heavy atom. The van der Waals surface area contributed by atoms with E-state index in [1.807, 2.05) is 0 Å². The minimum absolute atomic E-state index is 0.0514. The molecule has 2 aliphatic rings. The molecule has 100 valence electrons. The van der Waals surface area contributed by atoms with Crippen molar-refractivity contribution in [2.45, 2.75) is 31.6 Å². The zero-order valence-electron chi connectivity index (χ0n) is 10.3. The second-order valence-corrected chi connectivity index (χ2v) is 4.79. The third-order valence-corrected chi connectivity index (χ3v) is 3.65. The maximum absolute atomic E-state index is 12.0. The molecule has 0 N–H and O–H groups in total. The summed E-state index contributed by atoms with van der Waals surface area (Å²) < 4.78 is 10.4. The minimum Gasteiger partial charge on any atom is -0.454 e. The predicted molar refractivity (Wildman–Crippen MR) is 65.4 cm³/mol. The molecule has 1 aromatic carbocycles. The summed E-state index contributed by atoms with van der Waals surface area (Å²) in [6.07, 6.45) is 2.95. The van der Waals surface area contributed by atoms with E-state index in [2.05, 4.69) is 0 Å². The quantitative estimate of drug-likeness (QED) is 0.605. The van der Waals surface area contributed by atoms with Gasteiger partial charge in [0.15, 0.2) is 11.5 Å². The number of fused-ring (bicyclic) bond motifs is 1. The van der Waals surface area contributed by atoms with Gasteiger partial charge >= 0.3 is 0 Å². The summed E-state index contributed by atoms with van der Waals surface area (Å²) in [6, 6.07) is 2.95. The maximum Gasteiger partial charge on any atom is 0.277 e. The first-order chi connectivity index (χ1) is 9.16. The summed E-state index contributed by atoms with van der Waals surface area (Å²) in [7, 11) is 0. The molecule has 0 radical (unpaired) electrons. The van der Waals surface area contributed by atoms with Gasteiger partial charge in [-0.25, -0.2) is 0 Å². The lowest BCUT2D eigenvalue weighted by Gasteiger charge is -2.20. The van der Waals surface area contributed by atoms with Crippen molar-refractivity contribution in [1.29, 1.82) is 0 Å². The van der Waals surface area contributed by atoms with E-state index in [1.165, 1.54) is 6.07 Å². The standard InChI is InChI=1S/C13H13NO5/c15-11-4-2-1-3-8(11)9-5-12-13(19-7-18-12)6-10(9)14(16)17/h5-6,8H,1-4,7H2. The smallest absolute Gasteiger partial charge is 0.277 e. The molecule has 1 unspecified atom stereocenters. The molecule has 1 atom stereocenters. The van der Waals surface area contributed by atoms with Crippen LogP contribution in [0, 0.1) is 10.1 Å². The molecular weight excluding hydrogens is 250 g/mol. The lowest BCUT2D eigenvalue weighted by molar-refractivity contribution is -0.385. The summed E-state index contributed by atoms with van der Waals surface area (Å²) >= 11 is 0. The number of rotatable bonds is 2. The van der Waals surface area contributed by atoms with Crippen molar-refractivity contribution in [3.05, 3.63) is 27.8 Å². The summed E-state index contributed by atoms with van der Waals surface area (Å²) in [4.78, 5) is 22.7. The van der Waals surface area contributed by atoms with Gasteiger partial charge in [0.2, 0.25) is 6.79 Å². The Kier molecular flexibility index (Phi) is 2.85. The molecule has 1 aliphatic carbocycles. The van der Waals surface area contributed by atoms with Crippen molar-refractivity contribution in [2.75, 3.05) is 6.79 Å². The molecule has 1 heterocycles. The molecule has 6 heteroatoms. The van der Waals surface area contributed by atoms with Gasteiger partial charge < -0.3 is 9.47 Å². The van der Waals surface area contributed by atoms with Gasteiger partial charge in [0.1, 0.15) is 5.78 Å². The van der Waals surface area contributed by atoms with Crippen LogP contribution < -0.4 is 9.47 Å². The van der Waals surface area contributed by atoms with Crippen LogP contribution in [-0.4, -0.2) is 17.5 Å². The maximum atomic E-state index is 12.0. The SMILES string of the molecule is O=C1CCCCC1c1cc2c(cc1[N+](=O)[O-])OCO2. The van der Waals surface area contributed by atoms with Gasteiger partial charge in [-0.2, -0.15) is 0 Å². The van der Waals surface area contributed by atoms with Crippen molar-refractivity contribution in [3.8, 4) is 11.5 Å². The van der Waals surface area contributed by atoms with Crippen molar-refractivity contribution in [1.82, 2.24) is 0 Å². The number of carbonyl (C=O) groups excluding carboxylic acids is 1. The molecule has 1 aliphatic heterocycles. The Balaban J connectivity index is 2.08. The number of nitro groups is 1. The number of nitrogens with zero attached hydrogens (tertiary/aromatic N) is 1. The number of hydrogen-bond donors (Lipinski definition) is 0. The monoisotopic (exact) mass is 263 g/mol. The van der Waals surface area contributed by atoms with Gasteiger partial charge in [-0.05, 0) is 18.9 Å². The number of carbonyl (C=O) groups is 1. The Hall–Kier alpha value is -2.11. The van der Waals surface area contributed by atoms with Crippen LogP contribution in [0.5, 0.6) is 11.5 Å². The fraction of sp³-hybridized carbons (Fsp3) is 0.462. The van der Waals surface area contributed by atoms with E-state index < -0.39 is 4.92 Å². The average molecular weight is 263 g/mol. The third kappa shape index (κ3) is 2.03. The van der Waals surface area contributed by atoms with E-state index in [0.29, 0.717) is 29.9 Å². The van der Waals surface area contributed by atoms with Crippen LogP contribution in [0.4, 0.5) is 5.69 Å². The van der Waals surface area contributed by atoms with Gasteiger partial charge in [0.05, 0.1) is 11.0 Å². The first-order valence-electron chi connectivity index (χ1n) is 6.27. The van der Waals surface area contributed by atoms with Crippen LogP contribution in [0.15, 0.2) is 12.1 Å². The van der Waals surface area contributed by atoms with Crippen LogP contribution in [-0.2, 0) is 4.79 Å². The molecule has 6 nitrogen and oxygen atoms in total. The Morgan fingerprint density at radius 2 is 1.95 bits per heavy atom. The molecule has 0 spiro atoms. The van der Waals surface area contributed by atoms with Gasteiger partial charge in [-0.3, -0.25) is 14.9 Å². The normalized spacial score (nSPS) is 21.5. The largest absolute Gasteiger partial charge is 0.454 e. The molecule has 19 heavy (non-hydrogen) atoms. The van der Waals surface area contributed by atoms with Crippen molar-refractivity contribution in [3.63, 3.8) is 0 Å². The molecule has 0 aromatic heterocycles. The molecule has 3 rings (SSSR count). The van der Waals surface area contributed by atoms with Crippen molar-refractivity contribution in [2.24, 2.45) is 0 Å². The van der Waals surface area contributed by atoms with Crippen LogP contribution >= 0.6 is 0 Å². The predicted octanol–water partition coefficient (Wildman–Crippen LogP) is 2.55. The summed E-state index contributed by atoms with van der Waals surface area (Å²) in [5, 5.41) is 11.2. The topological polar surface area (TPSA) is 78.7 Å². The lowest BCUT2D eigenvalue weighted by atomic mass is 9.82. The number of Topliss-reactive ketones (excluding diaryl/α,β-unsaturated/α-hetero) is 1. The molecule has 1 aromatic rings. The lowest BCUT2D eigenvalue weighted by Crippen LogP contribution is -2.18. The zero-order valence-corrected chi connectivity index (χ0v) is 10.3. The first-order valence-corrected chi connectivity index (χ1v) is 6.27. The second-order valence-electron chi connectivity index (χ2n) is 4.79. The molecule has 0 saturated heterocycles. The van der Waals surface area contributed by atoms with Gasteiger partial charge in [-0.1, -0.05) is 6.42 Å². The fourth-order valence-electron chi connectivity index (χ4n) is 2.70.